The molecule has 0 heterocycles. The van der Waals surface area contributed by atoms with Gasteiger partial charge in [0.15, 0.2) is 17.5 Å². The summed E-state index contributed by atoms with van der Waals surface area (Å²) in [4.78, 5) is 4.67. The molecule has 28 heavy (non-hydrogen) atoms. The first kappa shape index (κ1) is 21.4. The molecular formula is C22H31N3O3. The van der Waals surface area contributed by atoms with Gasteiger partial charge in [-0.2, -0.15) is 0 Å². The van der Waals surface area contributed by atoms with E-state index in [0.717, 1.165) is 48.3 Å². The SMILES string of the molecule is CCNC(=NCc1ccc(OCC)c(OC)c1)NCCc1ccc(OC)cc1. The number of aliphatic imine (C=N–C) groups is 1. The fourth-order valence-electron chi connectivity index (χ4n) is 2.71. The molecule has 2 rings (SSSR count). The Hall–Kier alpha value is -2.89. The Morgan fingerprint density at radius 2 is 1.64 bits per heavy atom. The van der Waals surface area contributed by atoms with Crippen LogP contribution >= 0.6 is 0 Å². The van der Waals surface area contributed by atoms with Gasteiger partial charge in [-0.25, -0.2) is 4.99 Å². The van der Waals surface area contributed by atoms with Gasteiger partial charge in [0, 0.05) is 13.1 Å². The smallest absolute Gasteiger partial charge is 0.191 e. The second kappa shape index (κ2) is 11.7. The second-order valence-corrected chi connectivity index (χ2v) is 6.14. The molecule has 2 N–H and O–H groups in total. The molecule has 0 spiro atoms. The van der Waals surface area contributed by atoms with Gasteiger partial charge in [-0.1, -0.05) is 18.2 Å². The van der Waals surface area contributed by atoms with Gasteiger partial charge in [0.1, 0.15) is 5.75 Å². The van der Waals surface area contributed by atoms with Crippen LogP contribution in [-0.2, 0) is 13.0 Å². The van der Waals surface area contributed by atoms with Gasteiger partial charge in [-0.3, -0.25) is 0 Å². The summed E-state index contributed by atoms with van der Waals surface area (Å²) in [5.74, 6) is 3.15. The lowest BCUT2D eigenvalue weighted by Gasteiger charge is -2.13. The minimum Gasteiger partial charge on any atom is -0.497 e. The summed E-state index contributed by atoms with van der Waals surface area (Å²) in [6.45, 7) is 6.78. The molecule has 6 nitrogen and oxygen atoms in total. The molecule has 0 atom stereocenters. The van der Waals surface area contributed by atoms with Gasteiger partial charge in [0.2, 0.25) is 0 Å². The fraction of sp³-hybridized carbons (Fsp3) is 0.409. The van der Waals surface area contributed by atoms with Gasteiger partial charge >= 0.3 is 0 Å². The quantitative estimate of drug-likeness (QED) is 0.485. The van der Waals surface area contributed by atoms with Crippen molar-refractivity contribution in [3.8, 4) is 17.2 Å². The van der Waals surface area contributed by atoms with Crippen LogP contribution in [0.3, 0.4) is 0 Å². The zero-order chi connectivity index (χ0) is 20.2. The molecule has 0 saturated carbocycles. The van der Waals surface area contributed by atoms with Crippen LogP contribution in [0.15, 0.2) is 47.5 Å². The first-order valence-corrected chi connectivity index (χ1v) is 9.65. The lowest BCUT2D eigenvalue weighted by molar-refractivity contribution is 0.310. The molecule has 2 aromatic carbocycles. The van der Waals surface area contributed by atoms with Crippen molar-refractivity contribution in [1.82, 2.24) is 10.6 Å². The molecule has 0 amide bonds. The molecule has 0 bridgehead atoms. The van der Waals surface area contributed by atoms with Crippen LogP contribution in [0.1, 0.15) is 25.0 Å². The summed E-state index contributed by atoms with van der Waals surface area (Å²) >= 11 is 0. The van der Waals surface area contributed by atoms with Gasteiger partial charge in [-0.15, -0.1) is 0 Å². The highest BCUT2D eigenvalue weighted by molar-refractivity contribution is 5.79. The minimum absolute atomic E-state index is 0.556. The van der Waals surface area contributed by atoms with Crippen molar-refractivity contribution in [1.29, 1.82) is 0 Å². The number of ether oxygens (including phenoxy) is 3. The van der Waals surface area contributed by atoms with E-state index in [9.17, 15) is 0 Å². The van der Waals surface area contributed by atoms with Crippen LogP contribution in [0.5, 0.6) is 17.2 Å². The Kier molecular flexibility index (Phi) is 8.98. The number of benzene rings is 2. The Bertz CT molecular complexity index is 745. The lowest BCUT2D eigenvalue weighted by Crippen LogP contribution is -2.38. The van der Waals surface area contributed by atoms with E-state index in [1.165, 1.54) is 5.56 Å². The first-order valence-electron chi connectivity index (χ1n) is 9.65. The molecule has 0 radical (unpaired) electrons. The molecule has 0 aliphatic carbocycles. The van der Waals surface area contributed by atoms with Gasteiger partial charge in [0.25, 0.3) is 0 Å². The van der Waals surface area contributed by atoms with Crippen molar-refractivity contribution >= 4 is 5.96 Å². The molecule has 6 heteroatoms. The molecule has 0 saturated heterocycles. The van der Waals surface area contributed by atoms with Crippen molar-refractivity contribution in [3.05, 3.63) is 53.6 Å². The maximum Gasteiger partial charge on any atom is 0.191 e. The van der Waals surface area contributed by atoms with E-state index in [0.29, 0.717) is 13.2 Å². The Morgan fingerprint density at radius 1 is 0.893 bits per heavy atom. The van der Waals surface area contributed by atoms with Gasteiger partial charge in [-0.05, 0) is 55.7 Å². The third-order valence-corrected chi connectivity index (χ3v) is 4.16. The van der Waals surface area contributed by atoms with E-state index in [-0.39, 0.29) is 0 Å². The lowest BCUT2D eigenvalue weighted by atomic mass is 10.1. The zero-order valence-corrected chi connectivity index (χ0v) is 17.2. The second-order valence-electron chi connectivity index (χ2n) is 6.14. The zero-order valence-electron chi connectivity index (χ0n) is 17.2. The van der Waals surface area contributed by atoms with Crippen LogP contribution < -0.4 is 24.8 Å². The standard InChI is InChI=1S/C22H31N3O3/c1-5-23-22(24-14-13-17-7-10-19(26-3)11-8-17)25-16-18-9-12-20(28-6-2)21(15-18)27-4/h7-12,15H,5-6,13-14,16H2,1-4H3,(H2,23,24,25). The maximum absolute atomic E-state index is 5.56. The average molecular weight is 386 g/mol. The van der Waals surface area contributed by atoms with E-state index >= 15 is 0 Å². The molecular weight excluding hydrogens is 354 g/mol. The summed E-state index contributed by atoms with van der Waals surface area (Å²) in [5.41, 5.74) is 2.31. The molecule has 0 aromatic heterocycles. The molecule has 2 aromatic rings. The van der Waals surface area contributed by atoms with Crippen molar-refractivity contribution in [2.45, 2.75) is 26.8 Å². The van der Waals surface area contributed by atoms with E-state index in [2.05, 4.69) is 34.7 Å². The normalized spacial score (nSPS) is 11.1. The van der Waals surface area contributed by atoms with Crippen molar-refractivity contribution in [2.75, 3.05) is 33.9 Å². The molecule has 0 unspecified atom stereocenters. The number of methoxy groups -OCH3 is 2. The fourth-order valence-corrected chi connectivity index (χ4v) is 2.71. The number of rotatable bonds is 10. The number of hydrogen-bond acceptors (Lipinski definition) is 4. The number of nitrogens with one attached hydrogen (secondary N) is 2. The topological polar surface area (TPSA) is 64.1 Å². The number of nitrogens with zero attached hydrogens (tertiary/aromatic N) is 1. The Labute approximate surface area is 167 Å². The summed E-state index contributed by atoms with van der Waals surface area (Å²) in [5, 5.41) is 6.66. The predicted octanol–water partition coefficient (Wildman–Crippen LogP) is 3.40. The van der Waals surface area contributed by atoms with Crippen molar-refractivity contribution in [3.63, 3.8) is 0 Å². The highest BCUT2D eigenvalue weighted by Crippen LogP contribution is 2.28. The van der Waals surface area contributed by atoms with E-state index in [1.54, 1.807) is 14.2 Å². The molecule has 152 valence electrons. The average Bonchev–Trinajstić information content (AvgIpc) is 2.73. The van der Waals surface area contributed by atoms with Crippen LogP contribution in [0, 0.1) is 0 Å². The number of guanidine groups is 1. The Balaban J connectivity index is 1.93. The van der Waals surface area contributed by atoms with Crippen molar-refractivity contribution in [2.24, 2.45) is 4.99 Å². The Morgan fingerprint density at radius 3 is 2.29 bits per heavy atom. The van der Waals surface area contributed by atoms with Crippen molar-refractivity contribution < 1.29 is 14.2 Å². The predicted molar refractivity (Wildman–Crippen MR) is 114 cm³/mol. The summed E-state index contributed by atoms with van der Waals surface area (Å²) in [7, 11) is 3.32. The molecule has 0 aliphatic rings. The third-order valence-electron chi connectivity index (χ3n) is 4.16. The largest absolute Gasteiger partial charge is 0.497 e. The van der Waals surface area contributed by atoms with Crippen LogP contribution in [-0.4, -0.2) is 39.9 Å². The number of hydrogen-bond donors (Lipinski definition) is 2. The van der Waals surface area contributed by atoms with E-state index in [1.807, 2.05) is 37.3 Å². The summed E-state index contributed by atoms with van der Waals surface area (Å²) in [6, 6.07) is 14.0. The highest BCUT2D eigenvalue weighted by Gasteiger charge is 2.05. The monoisotopic (exact) mass is 385 g/mol. The minimum atomic E-state index is 0.556. The highest BCUT2D eigenvalue weighted by atomic mass is 16.5. The third kappa shape index (κ3) is 6.68. The van der Waals surface area contributed by atoms with E-state index in [4.69, 9.17) is 14.2 Å². The van der Waals surface area contributed by atoms with E-state index < -0.39 is 0 Å². The maximum atomic E-state index is 5.56. The van der Waals surface area contributed by atoms with Crippen LogP contribution in [0.4, 0.5) is 0 Å². The van der Waals surface area contributed by atoms with Crippen LogP contribution in [0.25, 0.3) is 0 Å². The summed E-state index contributed by atoms with van der Waals surface area (Å²) in [6.07, 6.45) is 0.908. The molecule has 0 aliphatic heterocycles. The van der Waals surface area contributed by atoms with Gasteiger partial charge in [0.05, 0.1) is 27.4 Å². The molecule has 0 fully saturated rings. The summed E-state index contributed by atoms with van der Waals surface area (Å²) < 4.78 is 16.2. The van der Waals surface area contributed by atoms with Crippen LogP contribution in [0.2, 0.25) is 0 Å². The first-order chi connectivity index (χ1) is 13.7. The van der Waals surface area contributed by atoms with Gasteiger partial charge < -0.3 is 24.8 Å².